The van der Waals surface area contributed by atoms with E-state index >= 15 is 0 Å². The van der Waals surface area contributed by atoms with Crippen molar-refractivity contribution in [1.82, 2.24) is 10.2 Å². The Labute approximate surface area is 121 Å². The SMILES string of the molecule is CC[C@H]1CC[C@@]2(CCCN(Cc3ccccc3)C2=O)N1. The van der Waals surface area contributed by atoms with Crippen LogP contribution < -0.4 is 5.32 Å². The largest absolute Gasteiger partial charge is 0.337 e. The van der Waals surface area contributed by atoms with E-state index in [1.807, 2.05) is 23.1 Å². The molecule has 0 saturated carbocycles. The molecule has 2 atom stereocenters. The van der Waals surface area contributed by atoms with E-state index in [9.17, 15) is 4.79 Å². The fraction of sp³-hybridized carbons (Fsp3) is 0.588. The average molecular weight is 272 g/mol. The average Bonchev–Trinajstić information content (AvgIpc) is 2.90. The van der Waals surface area contributed by atoms with E-state index in [2.05, 4.69) is 24.4 Å². The van der Waals surface area contributed by atoms with Crippen molar-refractivity contribution < 1.29 is 4.79 Å². The van der Waals surface area contributed by atoms with Crippen molar-refractivity contribution in [2.24, 2.45) is 0 Å². The molecule has 2 fully saturated rings. The number of benzene rings is 1. The Balaban J connectivity index is 1.73. The molecule has 1 amide bonds. The van der Waals surface area contributed by atoms with E-state index in [4.69, 9.17) is 0 Å². The predicted octanol–water partition coefficient (Wildman–Crippen LogP) is 2.71. The highest BCUT2D eigenvalue weighted by atomic mass is 16.2. The second-order valence-electron chi connectivity index (χ2n) is 6.19. The second-order valence-corrected chi connectivity index (χ2v) is 6.19. The molecule has 0 aromatic heterocycles. The van der Waals surface area contributed by atoms with Gasteiger partial charge in [0.1, 0.15) is 0 Å². The van der Waals surface area contributed by atoms with Gasteiger partial charge in [0.25, 0.3) is 0 Å². The van der Waals surface area contributed by atoms with Crippen molar-refractivity contribution >= 4 is 5.91 Å². The summed E-state index contributed by atoms with van der Waals surface area (Å²) in [5.41, 5.74) is 0.969. The minimum Gasteiger partial charge on any atom is -0.337 e. The number of nitrogens with zero attached hydrogens (tertiary/aromatic N) is 1. The van der Waals surface area contributed by atoms with Crippen LogP contribution in [0.2, 0.25) is 0 Å². The van der Waals surface area contributed by atoms with E-state index in [-0.39, 0.29) is 5.54 Å². The Kier molecular flexibility index (Phi) is 3.79. The predicted molar refractivity (Wildman–Crippen MR) is 80.3 cm³/mol. The van der Waals surface area contributed by atoms with Gasteiger partial charge in [-0.05, 0) is 37.7 Å². The highest BCUT2D eigenvalue weighted by Gasteiger charge is 2.47. The molecule has 0 radical (unpaired) electrons. The van der Waals surface area contributed by atoms with E-state index in [1.165, 1.54) is 5.56 Å². The van der Waals surface area contributed by atoms with Gasteiger partial charge < -0.3 is 10.2 Å². The van der Waals surface area contributed by atoms with Crippen LogP contribution in [0.4, 0.5) is 0 Å². The molecule has 2 saturated heterocycles. The zero-order valence-electron chi connectivity index (χ0n) is 12.3. The first kappa shape index (κ1) is 13.6. The molecule has 3 nitrogen and oxygen atoms in total. The fourth-order valence-electron chi connectivity index (χ4n) is 3.67. The highest BCUT2D eigenvalue weighted by Crippen LogP contribution is 2.34. The first-order valence-electron chi connectivity index (χ1n) is 7.84. The third-order valence-electron chi connectivity index (χ3n) is 4.84. The molecule has 108 valence electrons. The van der Waals surface area contributed by atoms with Crippen LogP contribution in [0.1, 0.15) is 44.6 Å². The number of likely N-dealkylation sites (tertiary alicyclic amines) is 1. The van der Waals surface area contributed by atoms with Gasteiger partial charge in [0, 0.05) is 19.1 Å². The molecule has 2 aliphatic rings. The van der Waals surface area contributed by atoms with Crippen LogP contribution in [0.15, 0.2) is 30.3 Å². The quantitative estimate of drug-likeness (QED) is 0.917. The van der Waals surface area contributed by atoms with E-state index < -0.39 is 0 Å². The summed E-state index contributed by atoms with van der Waals surface area (Å²) in [7, 11) is 0. The van der Waals surface area contributed by atoms with Crippen molar-refractivity contribution in [3.8, 4) is 0 Å². The van der Waals surface area contributed by atoms with Gasteiger partial charge in [0.05, 0.1) is 5.54 Å². The molecule has 0 unspecified atom stereocenters. The first-order chi connectivity index (χ1) is 9.73. The van der Waals surface area contributed by atoms with Crippen LogP contribution in [-0.2, 0) is 11.3 Å². The van der Waals surface area contributed by atoms with Gasteiger partial charge in [0.15, 0.2) is 0 Å². The third kappa shape index (κ3) is 2.47. The summed E-state index contributed by atoms with van der Waals surface area (Å²) in [6, 6.07) is 10.8. The summed E-state index contributed by atoms with van der Waals surface area (Å²) in [4.78, 5) is 14.9. The molecule has 3 rings (SSSR count). The molecule has 1 aromatic rings. The molecule has 20 heavy (non-hydrogen) atoms. The summed E-state index contributed by atoms with van der Waals surface area (Å²) < 4.78 is 0. The molecule has 2 heterocycles. The van der Waals surface area contributed by atoms with E-state index in [0.29, 0.717) is 11.9 Å². The normalized spacial score (nSPS) is 30.1. The molecule has 2 aliphatic heterocycles. The summed E-state index contributed by atoms with van der Waals surface area (Å²) in [6.45, 7) is 3.85. The number of amides is 1. The Bertz CT molecular complexity index is 473. The summed E-state index contributed by atoms with van der Waals surface area (Å²) in [5, 5.41) is 3.63. The summed E-state index contributed by atoms with van der Waals surface area (Å²) in [6.07, 6.45) is 5.39. The standard InChI is InChI=1S/C17H24N2O/c1-2-15-9-11-17(18-15)10-6-12-19(16(17)20)13-14-7-4-3-5-8-14/h3-5,7-8,15,18H,2,6,9-13H2,1H3/t15-,17+/m0/s1. The second kappa shape index (κ2) is 5.57. The number of hydrogen-bond donors (Lipinski definition) is 1. The summed E-state index contributed by atoms with van der Waals surface area (Å²) in [5.74, 6) is 0.323. The molecular weight excluding hydrogens is 248 g/mol. The fourth-order valence-corrected chi connectivity index (χ4v) is 3.67. The lowest BCUT2D eigenvalue weighted by atomic mass is 9.86. The lowest BCUT2D eigenvalue weighted by Gasteiger charge is -2.40. The van der Waals surface area contributed by atoms with Gasteiger partial charge in [-0.1, -0.05) is 37.3 Å². The Morgan fingerprint density at radius 3 is 2.80 bits per heavy atom. The number of hydrogen-bond acceptors (Lipinski definition) is 2. The zero-order valence-corrected chi connectivity index (χ0v) is 12.3. The highest BCUT2D eigenvalue weighted by molar-refractivity contribution is 5.87. The number of carbonyl (C=O) groups is 1. The lowest BCUT2D eigenvalue weighted by molar-refractivity contribution is -0.142. The van der Waals surface area contributed by atoms with Crippen LogP contribution in [0.25, 0.3) is 0 Å². The zero-order chi connectivity index (χ0) is 14.0. The van der Waals surface area contributed by atoms with Gasteiger partial charge in [-0.25, -0.2) is 0 Å². The van der Waals surface area contributed by atoms with Gasteiger partial charge in [0.2, 0.25) is 5.91 Å². The van der Waals surface area contributed by atoms with Crippen LogP contribution >= 0.6 is 0 Å². The number of piperidine rings is 1. The summed E-state index contributed by atoms with van der Waals surface area (Å²) >= 11 is 0. The van der Waals surface area contributed by atoms with Crippen molar-refractivity contribution in [2.75, 3.05) is 6.54 Å². The van der Waals surface area contributed by atoms with Crippen molar-refractivity contribution in [1.29, 1.82) is 0 Å². The maximum Gasteiger partial charge on any atom is 0.243 e. The molecule has 1 spiro atoms. The molecule has 3 heteroatoms. The van der Waals surface area contributed by atoms with Gasteiger partial charge in [-0.2, -0.15) is 0 Å². The molecule has 0 aliphatic carbocycles. The smallest absolute Gasteiger partial charge is 0.243 e. The number of rotatable bonds is 3. The van der Waals surface area contributed by atoms with Gasteiger partial charge >= 0.3 is 0 Å². The van der Waals surface area contributed by atoms with E-state index in [1.54, 1.807) is 0 Å². The van der Waals surface area contributed by atoms with E-state index in [0.717, 1.165) is 45.2 Å². The van der Waals surface area contributed by atoms with Crippen LogP contribution in [-0.4, -0.2) is 28.9 Å². The number of carbonyl (C=O) groups excluding carboxylic acids is 1. The van der Waals surface area contributed by atoms with Crippen molar-refractivity contribution in [2.45, 2.75) is 57.2 Å². The molecular formula is C17H24N2O. The Morgan fingerprint density at radius 1 is 1.30 bits per heavy atom. The minimum absolute atomic E-state index is 0.256. The molecule has 0 bridgehead atoms. The maximum atomic E-state index is 12.9. The van der Waals surface area contributed by atoms with Crippen LogP contribution in [0.5, 0.6) is 0 Å². The minimum atomic E-state index is -0.256. The molecule has 1 aromatic carbocycles. The van der Waals surface area contributed by atoms with Gasteiger partial charge in [-0.15, -0.1) is 0 Å². The monoisotopic (exact) mass is 272 g/mol. The Hall–Kier alpha value is -1.35. The maximum absolute atomic E-state index is 12.9. The number of nitrogens with one attached hydrogen (secondary N) is 1. The lowest BCUT2D eigenvalue weighted by Crippen LogP contribution is -2.59. The third-order valence-corrected chi connectivity index (χ3v) is 4.84. The molecule has 1 N–H and O–H groups in total. The Morgan fingerprint density at radius 2 is 2.10 bits per heavy atom. The van der Waals surface area contributed by atoms with Crippen molar-refractivity contribution in [3.05, 3.63) is 35.9 Å². The van der Waals surface area contributed by atoms with Gasteiger partial charge in [-0.3, -0.25) is 4.79 Å². The van der Waals surface area contributed by atoms with Crippen LogP contribution in [0.3, 0.4) is 0 Å². The van der Waals surface area contributed by atoms with Crippen molar-refractivity contribution in [3.63, 3.8) is 0 Å². The van der Waals surface area contributed by atoms with Crippen LogP contribution in [0, 0.1) is 0 Å². The topological polar surface area (TPSA) is 32.3 Å². The first-order valence-corrected chi connectivity index (χ1v) is 7.84.